The molecule has 1 unspecified atom stereocenters. The minimum absolute atomic E-state index is 0.0642. The number of carbonyl (C=O) groups is 1. The van der Waals surface area contributed by atoms with Gasteiger partial charge in [-0.25, -0.2) is 0 Å². The predicted octanol–water partition coefficient (Wildman–Crippen LogP) is 4.11. The average molecular weight is 395 g/mol. The molecule has 4 rings (SSSR count). The standard InChI is InChI=1S/C22H19ClN2O3/c23-17-7-5-16(6-8-17)19(12-18-3-1-2-10-24-18)22(26)25-13-15-4-9-20-21(11-15)28-14-27-20/h1-11,19H,12-14H2,(H,25,26). The Balaban J connectivity index is 1.50. The lowest BCUT2D eigenvalue weighted by atomic mass is 9.93. The fraction of sp³-hybridized carbons (Fsp3) is 0.182. The van der Waals surface area contributed by atoms with Crippen molar-refractivity contribution in [3.8, 4) is 11.5 Å². The highest BCUT2D eigenvalue weighted by Gasteiger charge is 2.22. The minimum Gasteiger partial charge on any atom is -0.454 e. The predicted molar refractivity (Wildman–Crippen MR) is 107 cm³/mol. The van der Waals surface area contributed by atoms with E-state index in [1.165, 1.54) is 0 Å². The molecule has 0 bridgehead atoms. The largest absolute Gasteiger partial charge is 0.454 e. The Morgan fingerprint density at radius 3 is 2.68 bits per heavy atom. The Morgan fingerprint density at radius 1 is 1.07 bits per heavy atom. The molecule has 2 heterocycles. The van der Waals surface area contributed by atoms with Crippen molar-refractivity contribution in [2.45, 2.75) is 18.9 Å². The molecule has 1 amide bonds. The van der Waals surface area contributed by atoms with Crippen LogP contribution in [-0.2, 0) is 17.8 Å². The van der Waals surface area contributed by atoms with Crippen molar-refractivity contribution in [3.63, 3.8) is 0 Å². The van der Waals surface area contributed by atoms with Crippen LogP contribution in [-0.4, -0.2) is 17.7 Å². The van der Waals surface area contributed by atoms with Gasteiger partial charge in [0.05, 0.1) is 5.92 Å². The summed E-state index contributed by atoms with van der Waals surface area (Å²) in [5.41, 5.74) is 2.71. The molecule has 142 valence electrons. The van der Waals surface area contributed by atoms with Gasteiger partial charge in [-0.2, -0.15) is 0 Å². The maximum atomic E-state index is 13.0. The van der Waals surface area contributed by atoms with Crippen molar-refractivity contribution in [1.29, 1.82) is 0 Å². The van der Waals surface area contributed by atoms with Crippen molar-refractivity contribution >= 4 is 17.5 Å². The van der Waals surface area contributed by atoms with Gasteiger partial charge >= 0.3 is 0 Å². The number of benzene rings is 2. The van der Waals surface area contributed by atoms with Gasteiger partial charge < -0.3 is 14.8 Å². The Bertz CT molecular complexity index is 961. The summed E-state index contributed by atoms with van der Waals surface area (Å²) in [5.74, 6) is 1.01. The zero-order valence-corrected chi connectivity index (χ0v) is 15.9. The second-order valence-electron chi connectivity index (χ2n) is 6.53. The molecular formula is C22H19ClN2O3. The molecule has 1 aliphatic rings. The van der Waals surface area contributed by atoms with Crippen LogP contribution in [0.15, 0.2) is 66.9 Å². The van der Waals surface area contributed by atoms with Gasteiger partial charge in [-0.15, -0.1) is 0 Å². The third kappa shape index (κ3) is 4.26. The van der Waals surface area contributed by atoms with E-state index in [1.54, 1.807) is 18.3 Å². The number of pyridine rings is 1. The molecule has 0 radical (unpaired) electrons. The van der Waals surface area contributed by atoms with E-state index in [1.807, 2.05) is 48.5 Å². The fourth-order valence-corrected chi connectivity index (χ4v) is 3.27. The summed E-state index contributed by atoms with van der Waals surface area (Å²) in [6, 6.07) is 18.7. The number of fused-ring (bicyclic) bond motifs is 1. The van der Waals surface area contributed by atoms with Crippen LogP contribution >= 0.6 is 11.6 Å². The number of amides is 1. The van der Waals surface area contributed by atoms with E-state index in [0.717, 1.165) is 22.6 Å². The molecule has 0 saturated heterocycles. The molecule has 6 heteroatoms. The van der Waals surface area contributed by atoms with Crippen LogP contribution in [0.1, 0.15) is 22.7 Å². The van der Waals surface area contributed by atoms with Crippen molar-refractivity contribution in [3.05, 3.63) is 88.7 Å². The lowest BCUT2D eigenvalue weighted by Gasteiger charge is -2.17. The monoisotopic (exact) mass is 394 g/mol. The number of nitrogens with one attached hydrogen (secondary N) is 1. The third-order valence-corrected chi connectivity index (χ3v) is 4.88. The molecule has 1 aromatic heterocycles. The zero-order chi connectivity index (χ0) is 19.3. The second-order valence-corrected chi connectivity index (χ2v) is 6.97. The lowest BCUT2D eigenvalue weighted by Crippen LogP contribution is -2.30. The van der Waals surface area contributed by atoms with E-state index >= 15 is 0 Å². The van der Waals surface area contributed by atoms with Gasteiger partial charge in [0.25, 0.3) is 0 Å². The van der Waals surface area contributed by atoms with Crippen LogP contribution in [0.3, 0.4) is 0 Å². The van der Waals surface area contributed by atoms with Gasteiger partial charge in [-0.3, -0.25) is 9.78 Å². The normalized spacial score (nSPS) is 13.2. The number of nitrogens with zero attached hydrogens (tertiary/aromatic N) is 1. The summed E-state index contributed by atoms with van der Waals surface area (Å²) in [7, 11) is 0. The Morgan fingerprint density at radius 2 is 1.89 bits per heavy atom. The Hall–Kier alpha value is -3.05. The highest BCUT2D eigenvalue weighted by molar-refractivity contribution is 6.30. The van der Waals surface area contributed by atoms with Gasteiger partial charge in [-0.1, -0.05) is 35.9 Å². The summed E-state index contributed by atoms with van der Waals surface area (Å²) in [5, 5.41) is 3.67. The van der Waals surface area contributed by atoms with Crippen LogP contribution in [0, 0.1) is 0 Å². The summed E-state index contributed by atoms with van der Waals surface area (Å²) >= 11 is 6.01. The van der Waals surface area contributed by atoms with Crippen molar-refractivity contribution in [2.75, 3.05) is 6.79 Å². The maximum absolute atomic E-state index is 13.0. The Labute approximate surface area is 168 Å². The van der Waals surface area contributed by atoms with Crippen LogP contribution in [0.2, 0.25) is 5.02 Å². The molecule has 1 atom stereocenters. The van der Waals surface area contributed by atoms with E-state index in [0.29, 0.717) is 23.7 Å². The summed E-state index contributed by atoms with van der Waals surface area (Å²) in [6.45, 7) is 0.635. The molecule has 0 saturated carbocycles. The molecule has 0 fully saturated rings. The highest BCUT2D eigenvalue weighted by Crippen LogP contribution is 2.32. The first-order chi connectivity index (χ1) is 13.7. The van der Waals surface area contributed by atoms with Gasteiger partial charge in [0.2, 0.25) is 12.7 Å². The van der Waals surface area contributed by atoms with E-state index in [9.17, 15) is 4.79 Å². The molecule has 28 heavy (non-hydrogen) atoms. The van der Waals surface area contributed by atoms with Crippen molar-refractivity contribution in [2.24, 2.45) is 0 Å². The number of rotatable bonds is 6. The topological polar surface area (TPSA) is 60.5 Å². The average Bonchev–Trinajstić information content (AvgIpc) is 3.20. The SMILES string of the molecule is O=C(NCc1ccc2c(c1)OCO2)C(Cc1ccccn1)c1ccc(Cl)cc1. The molecule has 1 aliphatic heterocycles. The van der Waals surface area contributed by atoms with Gasteiger partial charge in [0.15, 0.2) is 11.5 Å². The number of ether oxygens (including phenoxy) is 2. The highest BCUT2D eigenvalue weighted by atomic mass is 35.5. The number of aromatic nitrogens is 1. The smallest absolute Gasteiger partial charge is 0.231 e. The quantitative estimate of drug-likeness (QED) is 0.683. The summed E-state index contributed by atoms with van der Waals surface area (Å²) < 4.78 is 10.7. The first-order valence-corrected chi connectivity index (χ1v) is 9.38. The summed E-state index contributed by atoms with van der Waals surface area (Å²) in [4.78, 5) is 17.4. The number of halogens is 1. The van der Waals surface area contributed by atoms with E-state index < -0.39 is 0 Å². The molecule has 0 aliphatic carbocycles. The molecule has 0 spiro atoms. The van der Waals surface area contributed by atoms with Crippen LogP contribution in [0.4, 0.5) is 0 Å². The number of hydrogen-bond donors (Lipinski definition) is 1. The van der Waals surface area contributed by atoms with E-state index in [4.69, 9.17) is 21.1 Å². The molecule has 3 aromatic rings. The zero-order valence-electron chi connectivity index (χ0n) is 15.1. The van der Waals surface area contributed by atoms with Gasteiger partial charge in [0, 0.05) is 29.9 Å². The maximum Gasteiger partial charge on any atom is 0.231 e. The first kappa shape index (κ1) is 18.3. The minimum atomic E-state index is -0.360. The third-order valence-electron chi connectivity index (χ3n) is 4.63. The summed E-state index contributed by atoms with van der Waals surface area (Å²) in [6.07, 6.45) is 2.24. The molecule has 2 aromatic carbocycles. The Kier molecular flexibility index (Phi) is 5.44. The first-order valence-electron chi connectivity index (χ1n) is 9.00. The molecule has 1 N–H and O–H groups in total. The van der Waals surface area contributed by atoms with Crippen molar-refractivity contribution < 1.29 is 14.3 Å². The van der Waals surface area contributed by atoms with Gasteiger partial charge in [-0.05, 0) is 47.5 Å². The fourth-order valence-electron chi connectivity index (χ4n) is 3.15. The lowest BCUT2D eigenvalue weighted by molar-refractivity contribution is -0.122. The van der Waals surface area contributed by atoms with E-state index in [-0.39, 0.29) is 18.6 Å². The second kappa shape index (κ2) is 8.31. The number of hydrogen-bond acceptors (Lipinski definition) is 4. The molecule has 5 nitrogen and oxygen atoms in total. The van der Waals surface area contributed by atoms with Crippen LogP contribution in [0.25, 0.3) is 0 Å². The molecular weight excluding hydrogens is 376 g/mol. The van der Waals surface area contributed by atoms with Crippen LogP contribution in [0.5, 0.6) is 11.5 Å². The van der Waals surface area contributed by atoms with E-state index in [2.05, 4.69) is 10.3 Å². The number of carbonyl (C=O) groups excluding carboxylic acids is 1. The van der Waals surface area contributed by atoms with Crippen LogP contribution < -0.4 is 14.8 Å². The van der Waals surface area contributed by atoms with Gasteiger partial charge in [0.1, 0.15) is 0 Å². The van der Waals surface area contributed by atoms with Crippen molar-refractivity contribution in [1.82, 2.24) is 10.3 Å².